The zero-order chi connectivity index (χ0) is 21.5. The fourth-order valence-corrected chi connectivity index (χ4v) is 3.99. The Morgan fingerprint density at radius 2 is 1.63 bits per heavy atom. The quantitative estimate of drug-likeness (QED) is 0.725. The molecule has 1 aliphatic rings. The van der Waals surface area contributed by atoms with Crippen molar-refractivity contribution in [2.45, 2.75) is 40.2 Å². The molecule has 6 heteroatoms. The summed E-state index contributed by atoms with van der Waals surface area (Å²) in [4.78, 5) is 25.5. The Kier molecular flexibility index (Phi) is 7.80. The fraction of sp³-hybridized carbons (Fsp3) is 0.542. The highest BCUT2D eigenvalue weighted by Crippen LogP contribution is 2.23. The van der Waals surface area contributed by atoms with Crippen molar-refractivity contribution in [3.63, 3.8) is 0 Å². The summed E-state index contributed by atoms with van der Waals surface area (Å²) >= 11 is 0. The maximum atomic E-state index is 12.8. The minimum atomic E-state index is 0.158. The van der Waals surface area contributed by atoms with Crippen LogP contribution in [0.15, 0.2) is 42.7 Å². The van der Waals surface area contributed by atoms with Crippen molar-refractivity contribution in [3.8, 4) is 0 Å². The van der Waals surface area contributed by atoms with Crippen molar-refractivity contribution in [2.24, 2.45) is 11.8 Å². The monoisotopic (exact) mass is 409 g/mol. The van der Waals surface area contributed by atoms with E-state index in [0.29, 0.717) is 31.5 Å². The van der Waals surface area contributed by atoms with Crippen LogP contribution >= 0.6 is 0 Å². The molecule has 6 nitrogen and oxygen atoms in total. The van der Waals surface area contributed by atoms with Gasteiger partial charge in [-0.05, 0) is 35.4 Å². The maximum Gasteiger partial charge on any atom is 0.236 e. The molecule has 0 bridgehead atoms. The van der Waals surface area contributed by atoms with Crippen LogP contribution in [0.25, 0.3) is 0 Å². The van der Waals surface area contributed by atoms with Crippen molar-refractivity contribution in [2.75, 3.05) is 37.6 Å². The van der Waals surface area contributed by atoms with Crippen LogP contribution in [-0.2, 0) is 11.2 Å². The van der Waals surface area contributed by atoms with Gasteiger partial charge in [-0.3, -0.25) is 4.79 Å². The highest BCUT2D eigenvalue weighted by Gasteiger charge is 2.24. The molecular weight excluding hydrogens is 374 g/mol. The smallest absolute Gasteiger partial charge is 0.236 e. The molecule has 1 fully saturated rings. The average Bonchev–Trinajstić information content (AvgIpc) is 2.75. The van der Waals surface area contributed by atoms with Gasteiger partial charge >= 0.3 is 0 Å². The molecule has 0 spiro atoms. The highest BCUT2D eigenvalue weighted by atomic mass is 16.2. The minimum Gasteiger partial charge on any atom is -0.338 e. The average molecular weight is 410 g/mol. The Morgan fingerprint density at radius 3 is 2.20 bits per heavy atom. The van der Waals surface area contributed by atoms with Gasteiger partial charge in [-0.2, -0.15) is 0 Å². The Balaban J connectivity index is 1.52. The first-order valence-electron chi connectivity index (χ1n) is 11.1. The van der Waals surface area contributed by atoms with Crippen LogP contribution in [0.4, 0.5) is 5.95 Å². The Morgan fingerprint density at radius 1 is 1.00 bits per heavy atom. The van der Waals surface area contributed by atoms with Crippen LogP contribution < -0.4 is 10.2 Å². The Bertz CT molecular complexity index is 783. The second-order valence-corrected chi connectivity index (χ2v) is 8.86. The topological polar surface area (TPSA) is 61.4 Å². The van der Waals surface area contributed by atoms with Crippen LogP contribution in [0, 0.1) is 11.8 Å². The summed E-state index contributed by atoms with van der Waals surface area (Å²) in [5, 5.41) is 3.51. The van der Waals surface area contributed by atoms with Gasteiger partial charge in [0.15, 0.2) is 0 Å². The van der Waals surface area contributed by atoms with Crippen LogP contribution in [0.1, 0.15) is 44.9 Å². The van der Waals surface area contributed by atoms with Crippen LogP contribution in [0.5, 0.6) is 0 Å². The number of benzene rings is 1. The van der Waals surface area contributed by atoms with Crippen molar-refractivity contribution in [1.82, 2.24) is 20.2 Å². The van der Waals surface area contributed by atoms with E-state index < -0.39 is 0 Å². The van der Waals surface area contributed by atoms with Gasteiger partial charge in [0.1, 0.15) is 0 Å². The van der Waals surface area contributed by atoms with Crippen LogP contribution in [-0.4, -0.2) is 53.5 Å². The van der Waals surface area contributed by atoms with E-state index in [2.05, 4.69) is 72.1 Å². The second-order valence-electron chi connectivity index (χ2n) is 8.86. The molecule has 1 amide bonds. The standard InChI is InChI=1S/C24H35N5O/c1-18(2)16-20-6-8-21(9-7-20)23(19(3)4)27-17-22(30)28-12-14-29(15-13-28)24-25-10-5-11-26-24/h5-11,18-19,23,27H,12-17H2,1-4H3/t23-/m1/s1. The third-order valence-electron chi connectivity index (χ3n) is 5.59. The number of anilines is 1. The lowest BCUT2D eigenvalue weighted by atomic mass is 9.93. The molecule has 3 rings (SSSR count). The molecule has 0 radical (unpaired) electrons. The first-order chi connectivity index (χ1) is 14.4. The van der Waals surface area contributed by atoms with Gasteiger partial charge < -0.3 is 15.1 Å². The maximum absolute atomic E-state index is 12.8. The van der Waals surface area contributed by atoms with E-state index in [1.165, 1.54) is 11.1 Å². The Labute approximate surface area is 180 Å². The van der Waals surface area contributed by atoms with Gasteiger partial charge in [0.2, 0.25) is 11.9 Å². The van der Waals surface area contributed by atoms with E-state index >= 15 is 0 Å². The number of nitrogens with zero attached hydrogens (tertiary/aromatic N) is 4. The van der Waals surface area contributed by atoms with E-state index in [4.69, 9.17) is 0 Å². The molecule has 1 aromatic carbocycles. The van der Waals surface area contributed by atoms with Crippen molar-refractivity contribution in [3.05, 3.63) is 53.9 Å². The summed E-state index contributed by atoms with van der Waals surface area (Å²) in [6.07, 6.45) is 4.61. The zero-order valence-corrected chi connectivity index (χ0v) is 18.7. The summed E-state index contributed by atoms with van der Waals surface area (Å²) in [5.41, 5.74) is 2.61. The van der Waals surface area contributed by atoms with Crippen LogP contribution in [0.2, 0.25) is 0 Å². The van der Waals surface area contributed by atoms with Gasteiger partial charge in [-0.25, -0.2) is 9.97 Å². The molecule has 0 aliphatic carbocycles. The summed E-state index contributed by atoms with van der Waals surface area (Å²) < 4.78 is 0. The number of amides is 1. The predicted molar refractivity (Wildman–Crippen MR) is 121 cm³/mol. The molecular formula is C24H35N5O. The van der Waals surface area contributed by atoms with Gasteiger partial charge in [-0.1, -0.05) is 52.0 Å². The minimum absolute atomic E-state index is 0.158. The number of carbonyl (C=O) groups excluding carboxylic acids is 1. The summed E-state index contributed by atoms with van der Waals surface area (Å²) in [6.45, 7) is 12.2. The molecule has 2 aromatic rings. The third kappa shape index (κ3) is 6.02. The highest BCUT2D eigenvalue weighted by molar-refractivity contribution is 5.78. The van der Waals surface area contributed by atoms with E-state index in [1.807, 2.05) is 11.0 Å². The van der Waals surface area contributed by atoms with Crippen molar-refractivity contribution < 1.29 is 4.79 Å². The second kappa shape index (κ2) is 10.5. The lowest BCUT2D eigenvalue weighted by Crippen LogP contribution is -2.51. The number of rotatable bonds is 8. The summed E-state index contributed by atoms with van der Waals surface area (Å²) in [6, 6.07) is 10.8. The number of hydrogen-bond donors (Lipinski definition) is 1. The lowest BCUT2D eigenvalue weighted by Gasteiger charge is -2.35. The number of piperazine rings is 1. The van der Waals surface area contributed by atoms with E-state index in [9.17, 15) is 4.79 Å². The zero-order valence-electron chi connectivity index (χ0n) is 18.7. The molecule has 1 N–H and O–H groups in total. The number of nitrogens with one attached hydrogen (secondary N) is 1. The SMILES string of the molecule is CC(C)Cc1ccc([C@H](NCC(=O)N2CCN(c3ncccn3)CC2)C(C)C)cc1. The molecule has 0 unspecified atom stereocenters. The molecule has 2 heterocycles. The summed E-state index contributed by atoms with van der Waals surface area (Å²) in [5.74, 6) is 1.96. The Hall–Kier alpha value is -2.47. The first kappa shape index (κ1) is 22.2. The van der Waals surface area contributed by atoms with Gasteiger partial charge in [0, 0.05) is 44.6 Å². The van der Waals surface area contributed by atoms with Crippen molar-refractivity contribution >= 4 is 11.9 Å². The van der Waals surface area contributed by atoms with Crippen LogP contribution in [0.3, 0.4) is 0 Å². The lowest BCUT2D eigenvalue weighted by molar-refractivity contribution is -0.130. The normalized spacial score (nSPS) is 15.7. The number of aromatic nitrogens is 2. The molecule has 0 saturated carbocycles. The molecule has 1 saturated heterocycles. The molecule has 30 heavy (non-hydrogen) atoms. The first-order valence-corrected chi connectivity index (χ1v) is 11.1. The van der Waals surface area contributed by atoms with E-state index in [1.54, 1.807) is 12.4 Å². The van der Waals surface area contributed by atoms with Crippen molar-refractivity contribution in [1.29, 1.82) is 0 Å². The number of carbonyl (C=O) groups is 1. The molecule has 1 aromatic heterocycles. The molecule has 162 valence electrons. The fourth-order valence-electron chi connectivity index (χ4n) is 3.99. The van der Waals surface area contributed by atoms with Gasteiger partial charge in [0.25, 0.3) is 0 Å². The molecule has 1 aliphatic heterocycles. The van der Waals surface area contributed by atoms with Gasteiger partial charge in [-0.15, -0.1) is 0 Å². The number of hydrogen-bond acceptors (Lipinski definition) is 5. The summed E-state index contributed by atoms with van der Waals surface area (Å²) in [7, 11) is 0. The van der Waals surface area contributed by atoms with Gasteiger partial charge in [0.05, 0.1) is 6.54 Å². The largest absolute Gasteiger partial charge is 0.338 e. The van der Waals surface area contributed by atoms with E-state index in [0.717, 1.165) is 25.5 Å². The predicted octanol–water partition coefficient (Wildman–Crippen LogP) is 3.31. The molecule has 1 atom stereocenters. The third-order valence-corrected chi connectivity index (χ3v) is 5.59. The van der Waals surface area contributed by atoms with E-state index in [-0.39, 0.29) is 11.9 Å².